The highest BCUT2D eigenvalue weighted by Crippen LogP contribution is 2.24. The minimum absolute atomic E-state index is 0.367. The Labute approximate surface area is 120 Å². The normalized spacial score (nSPS) is 25.5. The number of thioether (sulfide) groups is 1. The first-order valence-corrected chi connectivity index (χ1v) is 8.26. The van der Waals surface area contributed by atoms with Gasteiger partial charge in [0, 0.05) is 24.8 Å². The van der Waals surface area contributed by atoms with Crippen molar-refractivity contribution in [2.24, 2.45) is 11.0 Å². The monoisotopic (exact) mass is 280 g/mol. The maximum absolute atomic E-state index is 5.31. The van der Waals surface area contributed by atoms with Crippen LogP contribution in [0.15, 0.2) is 29.4 Å². The molecule has 0 amide bonds. The maximum Gasteiger partial charge on any atom is 0.0704 e. The summed E-state index contributed by atoms with van der Waals surface area (Å²) in [4.78, 5) is 0. The third-order valence-electron chi connectivity index (χ3n) is 3.81. The highest BCUT2D eigenvalue weighted by Gasteiger charge is 2.26. The highest BCUT2D eigenvalue weighted by atomic mass is 32.2. The first-order valence-electron chi connectivity index (χ1n) is 6.98. The van der Waals surface area contributed by atoms with Crippen molar-refractivity contribution in [3.8, 4) is 0 Å². The van der Waals surface area contributed by atoms with E-state index in [9.17, 15) is 0 Å². The van der Waals surface area contributed by atoms with Gasteiger partial charge >= 0.3 is 0 Å². The van der Waals surface area contributed by atoms with Gasteiger partial charge in [-0.05, 0) is 26.0 Å². The second kappa shape index (κ2) is 7.15. The smallest absolute Gasteiger partial charge is 0.0704 e. The Kier molecular flexibility index (Phi) is 5.52. The van der Waals surface area contributed by atoms with Gasteiger partial charge in [-0.2, -0.15) is 16.9 Å². The van der Waals surface area contributed by atoms with Gasteiger partial charge in [0.15, 0.2) is 0 Å². The first kappa shape index (κ1) is 14.7. The lowest BCUT2D eigenvalue weighted by atomic mass is 10.0. The third-order valence-corrected chi connectivity index (χ3v) is 4.76. The topological polar surface area (TPSA) is 24.8 Å². The molecular weight excluding hydrogens is 256 g/mol. The molecule has 1 aliphatic heterocycles. The van der Waals surface area contributed by atoms with E-state index in [1.165, 1.54) is 18.6 Å². The van der Waals surface area contributed by atoms with Crippen LogP contribution in [0.1, 0.15) is 19.8 Å². The van der Waals surface area contributed by atoms with Crippen molar-refractivity contribution in [3.05, 3.63) is 24.3 Å². The molecule has 2 aliphatic rings. The molecule has 0 aromatic rings. The fourth-order valence-corrected chi connectivity index (χ4v) is 3.08. The van der Waals surface area contributed by atoms with Crippen LogP contribution in [0.2, 0.25) is 0 Å². The van der Waals surface area contributed by atoms with Crippen molar-refractivity contribution >= 4 is 17.5 Å². The van der Waals surface area contributed by atoms with E-state index in [1.807, 2.05) is 11.8 Å². The van der Waals surface area contributed by atoms with Crippen molar-refractivity contribution in [2.75, 3.05) is 26.5 Å². The minimum atomic E-state index is 0.367. The maximum atomic E-state index is 5.31. The zero-order chi connectivity index (χ0) is 13.7. The molecule has 2 atom stereocenters. The summed E-state index contributed by atoms with van der Waals surface area (Å²) in [6.45, 7) is 4.07. The molecule has 4 heteroatoms. The summed E-state index contributed by atoms with van der Waals surface area (Å²) in [5.74, 6) is 0.367. The number of hydrogen-bond donors (Lipinski definition) is 0. The lowest BCUT2D eigenvalue weighted by Gasteiger charge is -2.25. The summed E-state index contributed by atoms with van der Waals surface area (Å²) in [6, 6.07) is 0.448. The largest absolute Gasteiger partial charge is 0.382 e. The van der Waals surface area contributed by atoms with E-state index in [-0.39, 0.29) is 0 Å². The number of ether oxygens (including phenoxy) is 1. The molecule has 1 fully saturated rings. The van der Waals surface area contributed by atoms with Gasteiger partial charge in [0.1, 0.15) is 0 Å². The second-order valence-corrected chi connectivity index (χ2v) is 6.29. The summed E-state index contributed by atoms with van der Waals surface area (Å²) in [6.07, 6.45) is 13.2. The lowest BCUT2D eigenvalue weighted by Crippen LogP contribution is -2.32. The Morgan fingerprint density at radius 1 is 1.47 bits per heavy atom. The van der Waals surface area contributed by atoms with E-state index in [2.05, 4.69) is 42.5 Å². The van der Waals surface area contributed by atoms with Crippen LogP contribution < -0.4 is 0 Å². The van der Waals surface area contributed by atoms with Gasteiger partial charge in [0.05, 0.1) is 18.4 Å². The predicted octanol–water partition coefficient (Wildman–Crippen LogP) is 2.95. The van der Waals surface area contributed by atoms with E-state index in [4.69, 9.17) is 9.84 Å². The van der Waals surface area contributed by atoms with Crippen molar-refractivity contribution in [3.63, 3.8) is 0 Å². The van der Waals surface area contributed by atoms with Crippen molar-refractivity contribution < 1.29 is 4.74 Å². The van der Waals surface area contributed by atoms with Crippen LogP contribution in [0.3, 0.4) is 0 Å². The molecule has 0 saturated carbocycles. The van der Waals surface area contributed by atoms with Crippen LogP contribution in [-0.2, 0) is 4.74 Å². The minimum Gasteiger partial charge on any atom is -0.382 e. The average Bonchev–Trinajstić information content (AvgIpc) is 3.07. The summed E-state index contributed by atoms with van der Waals surface area (Å²) >= 11 is 1.86. The van der Waals surface area contributed by atoms with Crippen LogP contribution in [0.5, 0.6) is 0 Å². The SMILES string of the molecule is COC[C@@H]1CCCN1/N=C(\C1C=CC=C1)[C@@H](C)SC. The Hall–Kier alpha value is -0.740. The number of nitrogens with zero attached hydrogens (tertiary/aromatic N) is 2. The Morgan fingerprint density at radius 3 is 2.84 bits per heavy atom. The molecule has 0 aromatic heterocycles. The number of allylic oxidation sites excluding steroid dienone is 4. The molecule has 0 bridgehead atoms. The van der Waals surface area contributed by atoms with E-state index in [0.29, 0.717) is 17.2 Å². The predicted molar refractivity (Wildman–Crippen MR) is 83.8 cm³/mol. The van der Waals surface area contributed by atoms with Crippen molar-refractivity contribution in [1.29, 1.82) is 0 Å². The summed E-state index contributed by atoms with van der Waals surface area (Å²) in [5, 5.41) is 7.66. The Bertz CT molecular complexity index is 366. The molecule has 19 heavy (non-hydrogen) atoms. The van der Waals surface area contributed by atoms with E-state index < -0.39 is 0 Å². The summed E-state index contributed by atoms with van der Waals surface area (Å²) in [5.41, 5.74) is 1.26. The summed E-state index contributed by atoms with van der Waals surface area (Å²) < 4.78 is 5.31. The molecule has 0 spiro atoms. The third kappa shape index (κ3) is 3.63. The van der Waals surface area contributed by atoms with E-state index in [1.54, 1.807) is 7.11 Å². The van der Waals surface area contributed by atoms with Gasteiger partial charge in [0.2, 0.25) is 0 Å². The zero-order valence-corrected chi connectivity index (χ0v) is 12.9. The zero-order valence-electron chi connectivity index (χ0n) is 12.1. The molecule has 0 N–H and O–H groups in total. The number of methoxy groups -OCH3 is 1. The number of rotatable bonds is 6. The Balaban J connectivity index is 2.14. The van der Waals surface area contributed by atoms with Gasteiger partial charge < -0.3 is 4.74 Å². The first-order chi connectivity index (χ1) is 9.26. The molecule has 0 radical (unpaired) electrons. The Morgan fingerprint density at radius 2 is 2.21 bits per heavy atom. The molecule has 2 rings (SSSR count). The molecule has 1 saturated heterocycles. The van der Waals surface area contributed by atoms with Gasteiger partial charge in [-0.15, -0.1) is 0 Å². The highest BCUT2D eigenvalue weighted by molar-refractivity contribution is 7.99. The number of hydrazone groups is 1. The molecule has 1 aliphatic carbocycles. The van der Waals surface area contributed by atoms with E-state index >= 15 is 0 Å². The molecule has 0 aromatic carbocycles. The molecule has 106 valence electrons. The van der Waals surface area contributed by atoms with Crippen LogP contribution in [0.4, 0.5) is 0 Å². The van der Waals surface area contributed by atoms with Crippen LogP contribution in [0.25, 0.3) is 0 Å². The number of hydrogen-bond acceptors (Lipinski definition) is 4. The van der Waals surface area contributed by atoms with Gasteiger partial charge in [0.25, 0.3) is 0 Å². The fraction of sp³-hybridized carbons (Fsp3) is 0.667. The van der Waals surface area contributed by atoms with Gasteiger partial charge in [-0.1, -0.05) is 24.3 Å². The van der Waals surface area contributed by atoms with E-state index in [0.717, 1.165) is 13.2 Å². The molecule has 3 nitrogen and oxygen atoms in total. The van der Waals surface area contributed by atoms with Crippen LogP contribution in [0, 0.1) is 5.92 Å². The lowest BCUT2D eigenvalue weighted by molar-refractivity contribution is 0.117. The molecule has 1 heterocycles. The van der Waals surface area contributed by atoms with Crippen LogP contribution >= 0.6 is 11.8 Å². The molecule has 0 unspecified atom stereocenters. The standard InChI is InChI=1S/C15H24N2OS/c1-12(19-3)15(13-7-4-5-8-13)16-17-10-6-9-14(17)11-18-2/h4-5,7-8,12-14H,6,9-11H2,1-3H3/b16-15-/t12-,14+/m1/s1. The van der Waals surface area contributed by atoms with Gasteiger partial charge in [-0.3, -0.25) is 5.01 Å². The van der Waals surface area contributed by atoms with Gasteiger partial charge in [-0.25, -0.2) is 0 Å². The fourth-order valence-electron chi connectivity index (χ4n) is 2.63. The average molecular weight is 280 g/mol. The second-order valence-electron chi connectivity index (χ2n) is 5.11. The summed E-state index contributed by atoms with van der Waals surface area (Å²) in [7, 11) is 1.77. The quantitative estimate of drug-likeness (QED) is 0.699. The van der Waals surface area contributed by atoms with Crippen molar-refractivity contribution in [1.82, 2.24) is 5.01 Å². The van der Waals surface area contributed by atoms with Crippen molar-refractivity contribution in [2.45, 2.75) is 31.1 Å². The van der Waals surface area contributed by atoms with Crippen LogP contribution in [-0.4, -0.2) is 48.5 Å². The molecular formula is C15H24N2OS.